The fourth-order valence-corrected chi connectivity index (χ4v) is 1.15. The predicted molar refractivity (Wildman–Crippen MR) is 40.3 cm³/mol. The second-order valence-electron chi connectivity index (χ2n) is 2.48. The van der Waals surface area contributed by atoms with Crippen molar-refractivity contribution in [3.05, 3.63) is 22.2 Å². The maximum Gasteiger partial charge on any atom is 0.0111 e. The van der Waals surface area contributed by atoms with E-state index in [1.807, 2.05) is 6.08 Å². The zero-order valence-electron chi connectivity index (χ0n) is 5.95. The molecule has 1 aliphatic carbocycles. The average Bonchev–Trinajstić information content (AvgIpc) is 2.17. The van der Waals surface area contributed by atoms with Gasteiger partial charge in [-0.25, -0.2) is 0 Å². The zero-order valence-corrected chi connectivity index (χ0v) is 5.95. The summed E-state index contributed by atoms with van der Waals surface area (Å²) in [6, 6.07) is 0. The minimum Gasteiger partial charge on any atom is -0.0790 e. The lowest BCUT2D eigenvalue weighted by Crippen LogP contribution is -1.73. The molecule has 0 radical (unpaired) electrons. The third kappa shape index (κ3) is 2.11. The van der Waals surface area contributed by atoms with Gasteiger partial charge in [0.15, 0.2) is 0 Å². The largest absolute Gasteiger partial charge is 0.0790 e. The smallest absolute Gasteiger partial charge is 0.0111 e. The molecule has 0 spiro atoms. The fourth-order valence-electron chi connectivity index (χ4n) is 1.15. The van der Waals surface area contributed by atoms with Crippen LogP contribution in [0.3, 0.4) is 0 Å². The van der Waals surface area contributed by atoms with Gasteiger partial charge in [-0.15, -0.1) is 0 Å². The van der Waals surface area contributed by atoms with E-state index in [1.54, 1.807) is 0 Å². The Balaban J connectivity index is 2.54. The third-order valence-electron chi connectivity index (χ3n) is 1.69. The standard InChI is InChI=1S/C7H11N3/c8-10-9-7-5-3-1-2-4-6-7/h5H,1-4,6H2. The van der Waals surface area contributed by atoms with Gasteiger partial charge in [-0.2, -0.15) is 0 Å². The first kappa shape index (κ1) is 7.16. The molecule has 0 aliphatic heterocycles. The van der Waals surface area contributed by atoms with Gasteiger partial charge in [-0.3, -0.25) is 0 Å². The summed E-state index contributed by atoms with van der Waals surface area (Å²) in [6.07, 6.45) is 7.77. The van der Waals surface area contributed by atoms with E-state index in [-0.39, 0.29) is 0 Å². The Kier molecular flexibility index (Phi) is 2.84. The number of hydrogen-bond donors (Lipinski definition) is 0. The van der Waals surface area contributed by atoms with Gasteiger partial charge >= 0.3 is 0 Å². The topological polar surface area (TPSA) is 48.8 Å². The van der Waals surface area contributed by atoms with Crippen molar-refractivity contribution in [3.63, 3.8) is 0 Å². The normalized spacial score (nSPS) is 18.6. The van der Waals surface area contributed by atoms with Crippen LogP contribution in [0.25, 0.3) is 10.4 Å². The second kappa shape index (κ2) is 3.96. The molecule has 1 aliphatic rings. The molecule has 0 atom stereocenters. The number of azide groups is 1. The molecule has 0 bridgehead atoms. The van der Waals surface area contributed by atoms with Gasteiger partial charge < -0.3 is 0 Å². The molecule has 10 heavy (non-hydrogen) atoms. The molecule has 0 fully saturated rings. The molecular formula is C7H11N3. The first-order valence-electron chi connectivity index (χ1n) is 3.67. The quantitative estimate of drug-likeness (QED) is 0.303. The lowest BCUT2D eigenvalue weighted by atomic mass is 10.2. The molecule has 0 aromatic rings. The van der Waals surface area contributed by atoms with Gasteiger partial charge in [0.05, 0.1) is 0 Å². The highest BCUT2D eigenvalue weighted by molar-refractivity contribution is 5.01. The molecule has 0 saturated heterocycles. The van der Waals surface area contributed by atoms with Crippen LogP contribution >= 0.6 is 0 Å². The summed E-state index contributed by atoms with van der Waals surface area (Å²) in [6.45, 7) is 0. The summed E-state index contributed by atoms with van der Waals surface area (Å²) < 4.78 is 0. The van der Waals surface area contributed by atoms with E-state index in [2.05, 4.69) is 10.0 Å². The first-order chi connectivity index (χ1) is 4.93. The number of nitrogens with zero attached hydrogens (tertiary/aromatic N) is 3. The van der Waals surface area contributed by atoms with Crippen molar-refractivity contribution in [3.8, 4) is 0 Å². The van der Waals surface area contributed by atoms with Crippen LogP contribution in [0.15, 0.2) is 16.9 Å². The van der Waals surface area contributed by atoms with Crippen LogP contribution < -0.4 is 0 Å². The van der Waals surface area contributed by atoms with Gasteiger partial charge in [-0.1, -0.05) is 17.6 Å². The van der Waals surface area contributed by atoms with Gasteiger partial charge in [0.25, 0.3) is 0 Å². The Morgan fingerprint density at radius 1 is 1.40 bits per heavy atom. The van der Waals surface area contributed by atoms with Crippen LogP contribution in [0, 0.1) is 0 Å². The molecule has 0 aromatic carbocycles. The molecule has 3 heteroatoms. The van der Waals surface area contributed by atoms with Crippen molar-refractivity contribution >= 4 is 0 Å². The fraction of sp³-hybridized carbons (Fsp3) is 0.714. The highest BCUT2D eigenvalue weighted by atomic mass is 15.1. The molecule has 3 nitrogen and oxygen atoms in total. The van der Waals surface area contributed by atoms with E-state index < -0.39 is 0 Å². The number of hydrogen-bond acceptors (Lipinski definition) is 1. The lowest BCUT2D eigenvalue weighted by molar-refractivity contribution is 0.709. The van der Waals surface area contributed by atoms with Crippen molar-refractivity contribution in [2.24, 2.45) is 5.11 Å². The molecule has 54 valence electrons. The predicted octanol–water partition coefficient (Wildman–Crippen LogP) is 3.14. The summed E-state index contributed by atoms with van der Waals surface area (Å²) in [5.74, 6) is 0. The van der Waals surface area contributed by atoms with Gasteiger partial charge in [0.1, 0.15) is 0 Å². The molecule has 0 N–H and O–H groups in total. The van der Waals surface area contributed by atoms with E-state index >= 15 is 0 Å². The Hall–Kier alpha value is -0.950. The Labute approximate surface area is 60.4 Å². The maximum absolute atomic E-state index is 8.13. The number of allylic oxidation sites excluding steroid dienone is 2. The summed E-state index contributed by atoms with van der Waals surface area (Å²) in [7, 11) is 0. The molecule has 0 amide bonds. The van der Waals surface area contributed by atoms with Crippen molar-refractivity contribution in [2.75, 3.05) is 0 Å². The van der Waals surface area contributed by atoms with Crippen LogP contribution in [0.1, 0.15) is 32.1 Å². The van der Waals surface area contributed by atoms with Gasteiger partial charge in [0.2, 0.25) is 0 Å². The Morgan fingerprint density at radius 2 is 2.30 bits per heavy atom. The van der Waals surface area contributed by atoms with E-state index in [0.29, 0.717) is 0 Å². The minimum absolute atomic E-state index is 0.931. The van der Waals surface area contributed by atoms with E-state index in [9.17, 15) is 0 Å². The van der Waals surface area contributed by atoms with Crippen molar-refractivity contribution in [2.45, 2.75) is 32.1 Å². The minimum atomic E-state index is 0.931. The van der Waals surface area contributed by atoms with Crippen LogP contribution in [-0.2, 0) is 0 Å². The van der Waals surface area contributed by atoms with E-state index in [4.69, 9.17) is 5.53 Å². The van der Waals surface area contributed by atoms with Crippen LogP contribution in [0.4, 0.5) is 0 Å². The molecule has 0 heterocycles. The average molecular weight is 137 g/mol. The zero-order chi connectivity index (χ0) is 7.23. The molecule has 0 saturated carbocycles. The first-order valence-corrected chi connectivity index (χ1v) is 3.67. The highest BCUT2D eigenvalue weighted by Gasteiger charge is 1.98. The van der Waals surface area contributed by atoms with Crippen LogP contribution in [0.5, 0.6) is 0 Å². The summed E-state index contributed by atoms with van der Waals surface area (Å²) in [4.78, 5) is 2.76. The Bertz CT molecular complexity index is 177. The summed E-state index contributed by atoms with van der Waals surface area (Å²) >= 11 is 0. The Morgan fingerprint density at radius 3 is 3.10 bits per heavy atom. The van der Waals surface area contributed by atoms with Crippen molar-refractivity contribution in [1.29, 1.82) is 0 Å². The third-order valence-corrected chi connectivity index (χ3v) is 1.69. The van der Waals surface area contributed by atoms with Crippen molar-refractivity contribution < 1.29 is 0 Å². The van der Waals surface area contributed by atoms with E-state index in [1.165, 1.54) is 19.3 Å². The van der Waals surface area contributed by atoms with Crippen LogP contribution in [0.2, 0.25) is 0 Å². The molecule has 1 rings (SSSR count). The van der Waals surface area contributed by atoms with E-state index in [0.717, 1.165) is 18.5 Å². The SMILES string of the molecule is [N-]=[N+]=NC1=CCCCCC1. The maximum atomic E-state index is 8.13. The second-order valence-corrected chi connectivity index (χ2v) is 2.48. The molecular weight excluding hydrogens is 126 g/mol. The summed E-state index contributed by atoms with van der Waals surface area (Å²) in [5, 5.41) is 3.59. The molecule has 0 aromatic heterocycles. The summed E-state index contributed by atoms with van der Waals surface area (Å²) in [5.41, 5.74) is 9.06. The van der Waals surface area contributed by atoms with Crippen molar-refractivity contribution in [1.82, 2.24) is 0 Å². The monoisotopic (exact) mass is 137 g/mol. The number of rotatable bonds is 1. The lowest BCUT2D eigenvalue weighted by Gasteiger charge is -1.91. The highest BCUT2D eigenvalue weighted by Crippen LogP contribution is 2.17. The van der Waals surface area contributed by atoms with Crippen LogP contribution in [-0.4, -0.2) is 0 Å². The molecule has 0 unspecified atom stereocenters. The van der Waals surface area contributed by atoms with Gasteiger partial charge in [0, 0.05) is 10.6 Å². The van der Waals surface area contributed by atoms with Gasteiger partial charge in [-0.05, 0) is 31.2 Å².